The van der Waals surface area contributed by atoms with Crippen molar-refractivity contribution in [3.8, 4) is 5.75 Å². The van der Waals surface area contributed by atoms with Crippen molar-refractivity contribution in [2.45, 2.75) is 27.2 Å². The van der Waals surface area contributed by atoms with Gasteiger partial charge in [0.2, 0.25) is 0 Å². The molecule has 1 aliphatic rings. The number of ether oxygens (including phenoxy) is 1. The summed E-state index contributed by atoms with van der Waals surface area (Å²) in [5.74, 6) is 0.891. The Morgan fingerprint density at radius 3 is 1.97 bits per heavy atom. The summed E-state index contributed by atoms with van der Waals surface area (Å²) in [6.45, 7) is 9.50. The summed E-state index contributed by atoms with van der Waals surface area (Å²) in [5, 5.41) is 0. The Bertz CT molecular complexity index is 1130. The van der Waals surface area contributed by atoms with Crippen LogP contribution in [0.25, 0.3) is 11.1 Å². The fourth-order valence-corrected chi connectivity index (χ4v) is 4.44. The molecule has 0 aromatic heterocycles. The van der Waals surface area contributed by atoms with E-state index in [1.807, 2.05) is 0 Å². The van der Waals surface area contributed by atoms with Crippen molar-refractivity contribution < 1.29 is 14.0 Å². The van der Waals surface area contributed by atoms with Gasteiger partial charge < -0.3 is 18.9 Å². The lowest BCUT2D eigenvalue weighted by molar-refractivity contribution is 0.0343. The van der Waals surface area contributed by atoms with Gasteiger partial charge >= 0.3 is 7.12 Å². The maximum Gasteiger partial charge on any atom is 0.493 e. The van der Waals surface area contributed by atoms with Crippen LogP contribution in [-0.4, -0.2) is 52.5 Å². The second-order valence-corrected chi connectivity index (χ2v) is 10.5. The Morgan fingerprint density at radius 2 is 1.42 bits per heavy atom. The number of benzene rings is 3. The third kappa shape index (κ3) is 6.67. The van der Waals surface area contributed by atoms with E-state index in [0.29, 0.717) is 19.8 Å². The predicted molar refractivity (Wildman–Crippen MR) is 151 cm³/mol. The molecule has 0 aliphatic carbocycles. The van der Waals surface area contributed by atoms with E-state index in [0.717, 1.165) is 24.2 Å². The molecule has 1 heterocycles. The maximum absolute atomic E-state index is 6.01. The number of allylic oxidation sites excluding steroid dienone is 1. The molecule has 3 aromatic rings. The molecule has 3 aromatic carbocycles. The van der Waals surface area contributed by atoms with Gasteiger partial charge in [-0.2, -0.15) is 0 Å². The standard InChI is InChI=1S/C31H38BNO3/c1-6-29(24-10-8-7-9-11-24)30(26-14-18-28(19-15-26)34-21-20-33(4)5)25-12-16-27(17-13-25)32-35-22-31(2,3)23-36-32/h7-19H,6,20-23H2,1-5H3. The number of likely N-dealkylation sites (N-methyl/N-ethyl adjacent to an activating group) is 1. The third-order valence-electron chi connectivity index (χ3n) is 6.45. The van der Waals surface area contributed by atoms with Crippen LogP contribution < -0.4 is 10.2 Å². The number of rotatable bonds is 9. The van der Waals surface area contributed by atoms with Gasteiger partial charge in [-0.05, 0) is 65.9 Å². The van der Waals surface area contributed by atoms with E-state index in [4.69, 9.17) is 14.0 Å². The Morgan fingerprint density at radius 1 is 0.833 bits per heavy atom. The lowest BCUT2D eigenvalue weighted by atomic mass is 9.75. The molecule has 36 heavy (non-hydrogen) atoms. The minimum Gasteiger partial charge on any atom is -0.492 e. The van der Waals surface area contributed by atoms with E-state index in [2.05, 4.69) is 119 Å². The van der Waals surface area contributed by atoms with Gasteiger partial charge in [-0.15, -0.1) is 0 Å². The highest BCUT2D eigenvalue weighted by atomic mass is 16.6. The number of nitrogens with zero attached hydrogens (tertiary/aromatic N) is 1. The second-order valence-electron chi connectivity index (χ2n) is 10.5. The van der Waals surface area contributed by atoms with E-state index in [-0.39, 0.29) is 12.5 Å². The molecule has 0 atom stereocenters. The zero-order valence-corrected chi connectivity index (χ0v) is 22.3. The van der Waals surface area contributed by atoms with Crippen LogP contribution in [0.5, 0.6) is 5.75 Å². The Balaban J connectivity index is 1.66. The number of hydrogen-bond donors (Lipinski definition) is 0. The van der Waals surface area contributed by atoms with Crippen molar-refractivity contribution >= 4 is 23.7 Å². The van der Waals surface area contributed by atoms with Crippen LogP contribution in [0.15, 0.2) is 78.9 Å². The van der Waals surface area contributed by atoms with Crippen molar-refractivity contribution in [1.82, 2.24) is 4.90 Å². The summed E-state index contributed by atoms with van der Waals surface area (Å²) < 4.78 is 18.0. The van der Waals surface area contributed by atoms with Crippen LogP contribution in [0.3, 0.4) is 0 Å². The summed E-state index contributed by atoms with van der Waals surface area (Å²) in [5.41, 5.74) is 7.26. The zero-order chi connectivity index (χ0) is 25.5. The first-order valence-electron chi connectivity index (χ1n) is 12.9. The molecule has 5 heteroatoms. The van der Waals surface area contributed by atoms with Crippen LogP contribution in [-0.2, 0) is 9.31 Å². The average molecular weight is 483 g/mol. The van der Waals surface area contributed by atoms with Crippen LogP contribution >= 0.6 is 0 Å². The van der Waals surface area contributed by atoms with Crippen LogP contribution in [0.4, 0.5) is 0 Å². The van der Waals surface area contributed by atoms with Gasteiger partial charge in [0.15, 0.2) is 0 Å². The fraction of sp³-hybridized carbons (Fsp3) is 0.355. The Labute approximate surface area is 217 Å². The van der Waals surface area contributed by atoms with Gasteiger partial charge in [0, 0.05) is 25.2 Å². The highest BCUT2D eigenvalue weighted by Gasteiger charge is 2.33. The third-order valence-corrected chi connectivity index (χ3v) is 6.45. The van der Waals surface area contributed by atoms with Crippen LogP contribution in [0.1, 0.15) is 43.9 Å². The van der Waals surface area contributed by atoms with E-state index in [9.17, 15) is 0 Å². The quantitative estimate of drug-likeness (QED) is 0.286. The summed E-state index contributed by atoms with van der Waals surface area (Å²) in [6, 6.07) is 27.8. The Hall–Kier alpha value is -2.86. The first-order chi connectivity index (χ1) is 17.4. The first kappa shape index (κ1) is 26.2. The zero-order valence-electron chi connectivity index (χ0n) is 22.3. The van der Waals surface area contributed by atoms with E-state index in [1.165, 1.54) is 27.8 Å². The van der Waals surface area contributed by atoms with Gasteiger partial charge in [-0.1, -0.05) is 87.5 Å². The second kappa shape index (κ2) is 11.9. The molecule has 4 nitrogen and oxygen atoms in total. The molecule has 1 aliphatic heterocycles. The minimum atomic E-state index is -0.308. The molecule has 0 N–H and O–H groups in total. The first-order valence-corrected chi connectivity index (χ1v) is 12.9. The molecule has 0 radical (unpaired) electrons. The minimum absolute atomic E-state index is 0.0560. The Kier molecular flexibility index (Phi) is 8.68. The van der Waals surface area contributed by atoms with Gasteiger partial charge in [-0.3, -0.25) is 0 Å². The van der Waals surface area contributed by atoms with Crippen molar-refractivity contribution in [2.75, 3.05) is 40.5 Å². The molecule has 4 rings (SSSR count). The topological polar surface area (TPSA) is 30.9 Å². The molecular formula is C31H38BNO3. The molecule has 0 amide bonds. The molecule has 1 fully saturated rings. The van der Waals surface area contributed by atoms with Gasteiger partial charge in [0.25, 0.3) is 0 Å². The lowest BCUT2D eigenvalue weighted by Gasteiger charge is -2.33. The van der Waals surface area contributed by atoms with Gasteiger partial charge in [-0.25, -0.2) is 0 Å². The summed E-state index contributed by atoms with van der Waals surface area (Å²) in [6.07, 6.45) is 0.923. The van der Waals surface area contributed by atoms with E-state index >= 15 is 0 Å². The van der Waals surface area contributed by atoms with Crippen molar-refractivity contribution in [3.63, 3.8) is 0 Å². The highest BCUT2D eigenvalue weighted by Crippen LogP contribution is 2.35. The van der Waals surface area contributed by atoms with Crippen LogP contribution in [0, 0.1) is 5.41 Å². The predicted octanol–water partition coefficient (Wildman–Crippen LogP) is 5.76. The normalized spacial score (nSPS) is 16.1. The average Bonchev–Trinajstić information content (AvgIpc) is 2.88. The molecule has 1 saturated heterocycles. The summed E-state index contributed by atoms with van der Waals surface area (Å²) in [4.78, 5) is 2.12. The monoisotopic (exact) mass is 483 g/mol. The van der Waals surface area contributed by atoms with Crippen LogP contribution in [0.2, 0.25) is 0 Å². The summed E-state index contributed by atoms with van der Waals surface area (Å²) >= 11 is 0. The molecule has 0 unspecified atom stereocenters. The van der Waals surface area contributed by atoms with Gasteiger partial charge in [0.1, 0.15) is 12.4 Å². The van der Waals surface area contributed by atoms with Crippen molar-refractivity contribution in [3.05, 3.63) is 95.6 Å². The maximum atomic E-state index is 6.01. The smallest absolute Gasteiger partial charge is 0.492 e. The SMILES string of the molecule is CCC(=C(c1ccc(OCCN(C)C)cc1)c1ccc(B2OCC(C)(C)CO2)cc1)c1ccccc1. The lowest BCUT2D eigenvalue weighted by Crippen LogP contribution is -2.47. The molecule has 188 valence electrons. The summed E-state index contributed by atoms with van der Waals surface area (Å²) in [7, 11) is 3.80. The van der Waals surface area contributed by atoms with E-state index < -0.39 is 0 Å². The highest BCUT2D eigenvalue weighted by molar-refractivity contribution is 6.61. The molecule has 0 saturated carbocycles. The fourth-order valence-electron chi connectivity index (χ4n) is 4.44. The molecular weight excluding hydrogens is 445 g/mol. The number of hydrogen-bond acceptors (Lipinski definition) is 4. The molecule has 0 bridgehead atoms. The molecule has 0 spiro atoms. The largest absolute Gasteiger partial charge is 0.493 e. The van der Waals surface area contributed by atoms with Crippen molar-refractivity contribution in [1.29, 1.82) is 0 Å². The van der Waals surface area contributed by atoms with E-state index in [1.54, 1.807) is 0 Å². The van der Waals surface area contributed by atoms with Crippen molar-refractivity contribution in [2.24, 2.45) is 5.41 Å². The van der Waals surface area contributed by atoms with Gasteiger partial charge in [0.05, 0.1) is 0 Å².